The molecule has 4 rings (SSSR count). The van der Waals surface area contributed by atoms with Gasteiger partial charge in [-0.15, -0.1) is 0 Å². The Hall–Kier alpha value is -3.54. The van der Waals surface area contributed by atoms with Crippen molar-refractivity contribution in [2.75, 3.05) is 7.05 Å². The first-order valence-electron chi connectivity index (χ1n) is 8.95. The molecule has 0 radical (unpaired) electrons. The second-order valence-corrected chi connectivity index (χ2v) is 6.64. The highest BCUT2D eigenvalue weighted by atomic mass is 19.1. The van der Waals surface area contributed by atoms with Gasteiger partial charge in [-0.2, -0.15) is 0 Å². The molecule has 4 aromatic rings. The van der Waals surface area contributed by atoms with Gasteiger partial charge < -0.3 is 9.47 Å². The number of halogens is 1. The second-order valence-electron chi connectivity index (χ2n) is 6.64. The summed E-state index contributed by atoms with van der Waals surface area (Å²) in [5.41, 5.74) is 3.41. The number of amides is 1. The Labute approximate surface area is 162 Å². The van der Waals surface area contributed by atoms with E-state index in [1.165, 1.54) is 12.1 Å². The molecule has 3 aromatic heterocycles. The van der Waals surface area contributed by atoms with E-state index in [0.29, 0.717) is 6.54 Å². The molecular formula is C22H19FN4O. The van der Waals surface area contributed by atoms with Crippen LogP contribution in [0.5, 0.6) is 0 Å². The number of fused-ring (bicyclic) bond motifs is 1. The van der Waals surface area contributed by atoms with Crippen molar-refractivity contribution in [3.8, 4) is 11.3 Å². The molecule has 0 saturated heterocycles. The summed E-state index contributed by atoms with van der Waals surface area (Å²) in [6, 6.07) is 15.8. The van der Waals surface area contributed by atoms with Gasteiger partial charge in [0.1, 0.15) is 18.0 Å². The number of likely N-dealkylation sites (N-methyl/N-ethyl adjacent to an activating group) is 1. The normalized spacial score (nSPS) is 10.9. The van der Waals surface area contributed by atoms with Gasteiger partial charge in [-0.05, 0) is 65.7 Å². The molecule has 0 N–H and O–H groups in total. The highest BCUT2D eigenvalue weighted by Gasteiger charge is 2.17. The molecule has 0 unspecified atom stereocenters. The predicted octanol–water partition coefficient (Wildman–Crippen LogP) is 3.90. The lowest BCUT2D eigenvalue weighted by Crippen LogP contribution is -2.30. The van der Waals surface area contributed by atoms with E-state index in [4.69, 9.17) is 0 Å². The van der Waals surface area contributed by atoms with Crippen LogP contribution < -0.4 is 0 Å². The largest absolute Gasteiger partial charge is 0.340 e. The Bertz CT molecular complexity index is 1110. The van der Waals surface area contributed by atoms with Crippen molar-refractivity contribution >= 4 is 16.9 Å². The lowest BCUT2D eigenvalue weighted by Gasteiger charge is -2.19. The van der Waals surface area contributed by atoms with Gasteiger partial charge >= 0.3 is 0 Å². The molecule has 0 fully saturated rings. The average Bonchev–Trinajstić information content (AvgIpc) is 3.08. The molecule has 140 valence electrons. The van der Waals surface area contributed by atoms with Crippen LogP contribution in [-0.2, 0) is 17.9 Å². The van der Waals surface area contributed by atoms with E-state index in [0.717, 1.165) is 27.9 Å². The molecular weight excluding hydrogens is 355 g/mol. The molecule has 0 spiro atoms. The first-order chi connectivity index (χ1) is 13.6. The van der Waals surface area contributed by atoms with Gasteiger partial charge in [0.15, 0.2) is 0 Å². The Morgan fingerprint density at radius 3 is 2.57 bits per heavy atom. The second kappa shape index (κ2) is 7.60. The summed E-state index contributed by atoms with van der Waals surface area (Å²) >= 11 is 0. The smallest absolute Gasteiger partial charge is 0.242 e. The van der Waals surface area contributed by atoms with Crippen LogP contribution in [0.1, 0.15) is 5.56 Å². The van der Waals surface area contributed by atoms with Crippen molar-refractivity contribution in [3.63, 3.8) is 0 Å². The molecule has 28 heavy (non-hydrogen) atoms. The van der Waals surface area contributed by atoms with Crippen LogP contribution in [0, 0.1) is 5.82 Å². The van der Waals surface area contributed by atoms with Crippen LogP contribution in [0.15, 0.2) is 73.2 Å². The highest BCUT2D eigenvalue weighted by molar-refractivity contribution is 5.87. The van der Waals surface area contributed by atoms with Gasteiger partial charge in [0.05, 0.1) is 5.69 Å². The molecule has 3 heterocycles. The van der Waals surface area contributed by atoms with Gasteiger partial charge in [0.2, 0.25) is 5.91 Å². The maximum atomic E-state index is 13.3. The number of hydrogen-bond acceptors (Lipinski definition) is 3. The molecule has 0 saturated carbocycles. The van der Waals surface area contributed by atoms with E-state index in [2.05, 4.69) is 9.97 Å². The predicted molar refractivity (Wildman–Crippen MR) is 106 cm³/mol. The maximum absolute atomic E-state index is 13.3. The van der Waals surface area contributed by atoms with Crippen LogP contribution in [0.25, 0.3) is 22.3 Å². The molecule has 0 aliphatic heterocycles. The number of aromatic nitrogens is 3. The van der Waals surface area contributed by atoms with Crippen LogP contribution in [-0.4, -0.2) is 32.4 Å². The van der Waals surface area contributed by atoms with Crippen LogP contribution >= 0.6 is 0 Å². The summed E-state index contributed by atoms with van der Waals surface area (Å²) in [6.07, 6.45) is 5.13. The van der Waals surface area contributed by atoms with E-state index >= 15 is 0 Å². The zero-order valence-corrected chi connectivity index (χ0v) is 15.4. The number of benzene rings is 1. The Kier molecular flexibility index (Phi) is 4.85. The summed E-state index contributed by atoms with van der Waals surface area (Å²) < 4.78 is 15.2. The van der Waals surface area contributed by atoms with Crippen molar-refractivity contribution in [1.82, 2.24) is 19.4 Å². The van der Waals surface area contributed by atoms with E-state index < -0.39 is 0 Å². The van der Waals surface area contributed by atoms with Crippen molar-refractivity contribution in [1.29, 1.82) is 0 Å². The monoisotopic (exact) mass is 374 g/mol. The van der Waals surface area contributed by atoms with E-state index in [9.17, 15) is 9.18 Å². The van der Waals surface area contributed by atoms with Gasteiger partial charge in [-0.3, -0.25) is 9.78 Å². The number of hydrogen-bond donors (Lipinski definition) is 0. The SMILES string of the molecule is CN(Cc1ccncc1)C(=O)Cn1c(-c2ccc(F)cc2)cc2cccnc21. The Morgan fingerprint density at radius 2 is 1.82 bits per heavy atom. The molecule has 0 aliphatic rings. The summed E-state index contributed by atoms with van der Waals surface area (Å²) in [5, 5.41) is 0.936. The van der Waals surface area contributed by atoms with E-state index in [1.807, 2.05) is 34.9 Å². The number of nitrogens with zero attached hydrogens (tertiary/aromatic N) is 4. The van der Waals surface area contributed by atoms with E-state index in [1.54, 1.807) is 42.7 Å². The quantitative estimate of drug-likeness (QED) is 0.532. The van der Waals surface area contributed by atoms with Crippen LogP contribution in [0.3, 0.4) is 0 Å². The summed E-state index contributed by atoms with van der Waals surface area (Å²) in [4.78, 5) is 23.0. The fourth-order valence-electron chi connectivity index (χ4n) is 3.21. The first-order valence-corrected chi connectivity index (χ1v) is 8.95. The standard InChI is InChI=1S/C22H19FN4O/c1-26(14-16-8-11-24-12-9-16)21(28)15-27-20(17-4-6-19(23)7-5-17)13-18-3-2-10-25-22(18)27/h2-13H,14-15H2,1H3. The molecule has 1 amide bonds. The van der Waals surface area contributed by atoms with Crippen LogP contribution in [0.4, 0.5) is 4.39 Å². The fourth-order valence-corrected chi connectivity index (χ4v) is 3.21. The van der Waals surface area contributed by atoms with Crippen LogP contribution in [0.2, 0.25) is 0 Å². The summed E-state index contributed by atoms with van der Waals surface area (Å²) in [7, 11) is 1.78. The zero-order valence-electron chi connectivity index (χ0n) is 15.4. The fraction of sp³-hybridized carbons (Fsp3) is 0.136. The van der Waals surface area contributed by atoms with Crippen molar-refractivity contribution < 1.29 is 9.18 Å². The molecule has 0 bridgehead atoms. The molecule has 6 heteroatoms. The third-order valence-corrected chi connectivity index (χ3v) is 4.68. The Morgan fingerprint density at radius 1 is 1.07 bits per heavy atom. The lowest BCUT2D eigenvalue weighted by atomic mass is 10.1. The van der Waals surface area contributed by atoms with Crippen molar-refractivity contribution in [3.05, 3.63) is 84.6 Å². The number of carbonyl (C=O) groups is 1. The molecule has 5 nitrogen and oxygen atoms in total. The minimum Gasteiger partial charge on any atom is -0.340 e. The Balaban J connectivity index is 1.66. The third-order valence-electron chi connectivity index (χ3n) is 4.68. The number of carbonyl (C=O) groups excluding carboxylic acids is 1. The maximum Gasteiger partial charge on any atom is 0.242 e. The summed E-state index contributed by atoms with van der Waals surface area (Å²) in [5.74, 6) is -0.332. The molecule has 1 aromatic carbocycles. The van der Waals surface area contributed by atoms with Gasteiger partial charge in [0.25, 0.3) is 0 Å². The minimum atomic E-state index is -0.294. The molecule has 0 atom stereocenters. The molecule has 0 aliphatic carbocycles. The lowest BCUT2D eigenvalue weighted by molar-refractivity contribution is -0.130. The minimum absolute atomic E-state index is 0.0386. The van der Waals surface area contributed by atoms with Gasteiger partial charge in [0, 0.05) is 37.6 Å². The van der Waals surface area contributed by atoms with Gasteiger partial charge in [-0.25, -0.2) is 9.37 Å². The van der Waals surface area contributed by atoms with E-state index in [-0.39, 0.29) is 18.3 Å². The first kappa shape index (κ1) is 17.9. The summed E-state index contributed by atoms with van der Waals surface area (Å²) in [6.45, 7) is 0.647. The van der Waals surface area contributed by atoms with Gasteiger partial charge in [-0.1, -0.05) is 0 Å². The third kappa shape index (κ3) is 3.62. The number of pyridine rings is 2. The highest BCUT2D eigenvalue weighted by Crippen LogP contribution is 2.27. The average molecular weight is 374 g/mol. The number of rotatable bonds is 5. The topological polar surface area (TPSA) is 51.0 Å². The van der Waals surface area contributed by atoms with Crippen molar-refractivity contribution in [2.45, 2.75) is 13.1 Å². The van der Waals surface area contributed by atoms with Crippen molar-refractivity contribution in [2.24, 2.45) is 0 Å². The zero-order chi connectivity index (χ0) is 19.5.